The van der Waals surface area contributed by atoms with Crippen molar-refractivity contribution in [1.29, 1.82) is 0 Å². The lowest BCUT2D eigenvalue weighted by molar-refractivity contribution is 0.647. The molecule has 2 aromatic rings. The molecule has 0 aromatic heterocycles. The van der Waals surface area contributed by atoms with Crippen molar-refractivity contribution in [3.8, 4) is 0 Å². The average Bonchev–Trinajstić information content (AvgIpc) is 2.41. The van der Waals surface area contributed by atoms with E-state index in [1.807, 2.05) is 18.2 Å². The zero-order valence-corrected chi connectivity index (χ0v) is 14.1. The predicted molar refractivity (Wildman–Crippen MR) is 90.2 cm³/mol. The highest BCUT2D eigenvalue weighted by Crippen LogP contribution is 2.28. The smallest absolute Gasteiger partial charge is 0.0552 e. The zero-order valence-electron chi connectivity index (χ0n) is 11.7. The summed E-state index contributed by atoms with van der Waals surface area (Å²) in [4.78, 5) is 0. The number of hydrogen-bond acceptors (Lipinski definition) is 1. The summed E-state index contributed by atoms with van der Waals surface area (Å²) in [5.74, 6) is 0.666. The van der Waals surface area contributed by atoms with Crippen LogP contribution in [0.2, 0.25) is 5.02 Å². The number of nitrogens with two attached hydrogens (primary N) is 1. The lowest BCUT2D eigenvalue weighted by Crippen LogP contribution is -2.11. The molecule has 0 saturated heterocycles. The van der Waals surface area contributed by atoms with Gasteiger partial charge in [-0.25, -0.2) is 0 Å². The highest BCUT2D eigenvalue weighted by Gasteiger charge is 2.10. The van der Waals surface area contributed by atoms with E-state index in [0.29, 0.717) is 10.9 Å². The van der Waals surface area contributed by atoms with E-state index in [1.54, 1.807) is 0 Å². The highest BCUT2D eigenvalue weighted by atomic mass is 79.9. The van der Waals surface area contributed by atoms with Crippen molar-refractivity contribution in [3.05, 3.63) is 68.7 Å². The SMILES string of the molecule is CC(C)Cc1ccc(C(N)c2ccc(Br)c(Cl)c2)cc1. The molecule has 0 heterocycles. The molecule has 1 unspecified atom stereocenters. The Kier molecular flexibility index (Phi) is 5.25. The fourth-order valence-corrected chi connectivity index (χ4v) is 2.67. The minimum atomic E-state index is -0.145. The highest BCUT2D eigenvalue weighted by molar-refractivity contribution is 9.10. The van der Waals surface area contributed by atoms with E-state index in [4.69, 9.17) is 17.3 Å². The van der Waals surface area contributed by atoms with Gasteiger partial charge in [0.25, 0.3) is 0 Å². The lowest BCUT2D eigenvalue weighted by atomic mass is 9.96. The fourth-order valence-electron chi connectivity index (χ4n) is 2.23. The maximum absolute atomic E-state index is 6.31. The molecule has 0 aliphatic heterocycles. The summed E-state index contributed by atoms with van der Waals surface area (Å²) in [6.07, 6.45) is 1.10. The molecule has 0 aliphatic rings. The third-order valence-electron chi connectivity index (χ3n) is 3.29. The van der Waals surface area contributed by atoms with Crippen LogP contribution in [0, 0.1) is 5.92 Å². The van der Waals surface area contributed by atoms with Gasteiger partial charge in [0, 0.05) is 4.47 Å². The van der Waals surface area contributed by atoms with Crippen LogP contribution < -0.4 is 5.73 Å². The minimum absolute atomic E-state index is 0.145. The van der Waals surface area contributed by atoms with E-state index in [9.17, 15) is 0 Å². The molecule has 0 aliphatic carbocycles. The van der Waals surface area contributed by atoms with Crippen LogP contribution in [0.4, 0.5) is 0 Å². The van der Waals surface area contributed by atoms with Crippen molar-refractivity contribution in [1.82, 2.24) is 0 Å². The monoisotopic (exact) mass is 351 g/mol. The molecule has 2 rings (SSSR count). The Balaban J connectivity index is 2.20. The van der Waals surface area contributed by atoms with Crippen LogP contribution >= 0.6 is 27.5 Å². The van der Waals surface area contributed by atoms with Gasteiger partial charge in [0.1, 0.15) is 0 Å². The van der Waals surface area contributed by atoms with Crippen molar-refractivity contribution >= 4 is 27.5 Å². The van der Waals surface area contributed by atoms with Crippen molar-refractivity contribution in [2.24, 2.45) is 11.7 Å². The Morgan fingerprint density at radius 2 is 1.65 bits per heavy atom. The van der Waals surface area contributed by atoms with Gasteiger partial charge >= 0.3 is 0 Å². The van der Waals surface area contributed by atoms with Gasteiger partial charge in [-0.3, -0.25) is 0 Å². The van der Waals surface area contributed by atoms with E-state index in [1.165, 1.54) is 5.56 Å². The summed E-state index contributed by atoms with van der Waals surface area (Å²) in [5, 5.41) is 0.689. The summed E-state index contributed by atoms with van der Waals surface area (Å²) in [6, 6.07) is 14.3. The van der Waals surface area contributed by atoms with E-state index in [0.717, 1.165) is 22.0 Å². The maximum atomic E-state index is 6.31. The third-order valence-corrected chi connectivity index (χ3v) is 4.52. The maximum Gasteiger partial charge on any atom is 0.0552 e. The lowest BCUT2D eigenvalue weighted by Gasteiger charge is -2.14. The first-order valence-electron chi connectivity index (χ1n) is 6.76. The van der Waals surface area contributed by atoms with Gasteiger partial charge < -0.3 is 5.73 Å². The molecule has 0 amide bonds. The second-order valence-electron chi connectivity index (χ2n) is 5.49. The third kappa shape index (κ3) is 3.85. The topological polar surface area (TPSA) is 26.0 Å². The van der Waals surface area contributed by atoms with Crippen molar-refractivity contribution in [3.63, 3.8) is 0 Å². The zero-order chi connectivity index (χ0) is 14.7. The first-order valence-corrected chi connectivity index (χ1v) is 7.94. The first-order chi connectivity index (χ1) is 9.47. The molecule has 0 fully saturated rings. The van der Waals surface area contributed by atoms with Crippen LogP contribution in [-0.2, 0) is 6.42 Å². The molecule has 2 N–H and O–H groups in total. The standard InChI is InChI=1S/C17H19BrClN/c1-11(2)9-12-3-5-13(6-4-12)17(20)14-7-8-15(18)16(19)10-14/h3-8,10-11,17H,9,20H2,1-2H3. The van der Waals surface area contributed by atoms with Crippen LogP contribution in [0.1, 0.15) is 36.6 Å². The van der Waals surface area contributed by atoms with Gasteiger partial charge in [-0.2, -0.15) is 0 Å². The largest absolute Gasteiger partial charge is 0.320 e. The molecule has 0 spiro atoms. The van der Waals surface area contributed by atoms with Crippen LogP contribution in [0.3, 0.4) is 0 Å². The number of hydrogen-bond donors (Lipinski definition) is 1. The van der Waals surface area contributed by atoms with E-state index < -0.39 is 0 Å². The Morgan fingerprint density at radius 1 is 1.05 bits per heavy atom. The molecular formula is C17H19BrClN. The molecule has 1 nitrogen and oxygen atoms in total. The van der Waals surface area contributed by atoms with E-state index in [2.05, 4.69) is 54.0 Å². The Morgan fingerprint density at radius 3 is 2.20 bits per heavy atom. The predicted octanol–water partition coefficient (Wildman–Crippen LogP) is 5.35. The average molecular weight is 353 g/mol. The van der Waals surface area contributed by atoms with Gasteiger partial charge in [0.2, 0.25) is 0 Å². The van der Waals surface area contributed by atoms with Gasteiger partial charge in [0.15, 0.2) is 0 Å². The number of rotatable bonds is 4. The normalized spacial score (nSPS) is 12.7. The molecule has 0 bridgehead atoms. The van der Waals surface area contributed by atoms with Crippen molar-refractivity contribution in [2.45, 2.75) is 26.3 Å². The Bertz CT molecular complexity index is 578. The second kappa shape index (κ2) is 6.75. The van der Waals surface area contributed by atoms with Crippen molar-refractivity contribution < 1.29 is 0 Å². The minimum Gasteiger partial charge on any atom is -0.320 e. The van der Waals surface area contributed by atoms with Crippen molar-refractivity contribution in [2.75, 3.05) is 0 Å². The number of halogens is 2. The molecule has 106 valence electrons. The summed E-state index contributed by atoms with van der Waals surface area (Å²) < 4.78 is 0.891. The van der Waals surface area contributed by atoms with Gasteiger partial charge in [-0.1, -0.05) is 55.8 Å². The number of benzene rings is 2. The molecule has 0 saturated carbocycles. The van der Waals surface area contributed by atoms with Gasteiger partial charge in [-0.15, -0.1) is 0 Å². The molecule has 1 atom stereocenters. The van der Waals surface area contributed by atoms with Crippen LogP contribution in [0.5, 0.6) is 0 Å². The molecule has 20 heavy (non-hydrogen) atoms. The summed E-state index contributed by atoms with van der Waals surface area (Å²) >= 11 is 9.52. The quantitative estimate of drug-likeness (QED) is 0.788. The van der Waals surface area contributed by atoms with Gasteiger partial charge in [0.05, 0.1) is 11.1 Å². The van der Waals surface area contributed by atoms with Gasteiger partial charge in [-0.05, 0) is 57.1 Å². The van der Waals surface area contributed by atoms with Crippen LogP contribution in [0.25, 0.3) is 0 Å². The fraction of sp³-hybridized carbons (Fsp3) is 0.294. The van der Waals surface area contributed by atoms with E-state index >= 15 is 0 Å². The molecule has 0 radical (unpaired) electrons. The second-order valence-corrected chi connectivity index (χ2v) is 6.75. The first kappa shape index (κ1) is 15.6. The Labute approximate surface area is 134 Å². The Hall–Kier alpha value is -0.830. The van der Waals surface area contributed by atoms with E-state index in [-0.39, 0.29) is 6.04 Å². The summed E-state index contributed by atoms with van der Waals surface area (Å²) in [5.41, 5.74) is 9.79. The summed E-state index contributed by atoms with van der Waals surface area (Å²) in [6.45, 7) is 4.45. The van der Waals surface area contributed by atoms with Crippen LogP contribution in [0.15, 0.2) is 46.9 Å². The molecular weight excluding hydrogens is 334 g/mol. The summed E-state index contributed by atoms with van der Waals surface area (Å²) in [7, 11) is 0. The molecule has 2 aromatic carbocycles. The molecule has 3 heteroatoms. The van der Waals surface area contributed by atoms with Crippen LogP contribution in [-0.4, -0.2) is 0 Å².